The molecular weight excluding hydrogens is 164 g/mol. The van der Waals surface area contributed by atoms with E-state index < -0.39 is 6.17 Å². The molecule has 0 aliphatic carbocycles. The number of aldehydes is 1. The van der Waals surface area contributed by atoms with Crippen LogP contribution in [-0.2, 0) is 4.79 Å². The first kappa shape index (κ1) is 10.1. The van der Waals surface area contributed by atoms with Crippen LogP contribution in [0.2, 0.25) is 0 Å². The number of rotatable bonds is 2. The second-order valence-corrected chi connectivity index (χ2v) is 1.95. The van der Waals surface area contributed by atoms with Gasteiger partial charge in [-0.05, 0) is 0 Å². The van der Waals surface area contributed by atoms with Crippen molar-refractivity contribution >= 4 is 6.29 Å². The van der Waals surface area contributed by atoms with Crippen LogP contribution in [0.25, 0.3) is 0 Å². The molecule has 60 valence electrons. The summed E-state index contributed by atoms with van der Waals surface area (Å²) in [6.45, 7) is 0. The van der Waals surface area contributed by atoms with Crippen molar-refractivity contribution in [2.75, 3.05) is 0 Å². The molecule has 1 aromatic heterocycles. The first-order valence-electron chi connectivity index (χ1n) is 3.01. The SMILES string of the molecule is NC(C=O)[n+]1ccccc1.[Cl-]. The fraction of sp³-hybridized carbons (Fsp3) is 0.143. The Balaban J connectivity index is 0.000001000. The number of halogens is 1. The minimum absolute atomic E-state index is 0. The maximum atomic E-state index is 10.2. The summed E-state index contributed by atoms with van der Waals surface area (Å²) in [4.78, 5) is 10.2. The third kappa shape index (κ3) is 2.65. The zero-order valence-electron chi connectivity index (χ0n) is 5.85. The molecule has 0 spiro atoms. The van der Waals surface area contributed by atoms with Crippen LogP contribution in [0.5, 0.6) is 0 Å². The molecule has 2 N–H and O–H groups in total. The van der Waals surface area contributed by atoms with Gasteiger partial charge < -0.3 is 12.4 Å². The third-order valence-corrected chi connectivity index (χ3v) is 1.22. The van der Waals surface area contributed by atoms with Gasteiger partial charge in [-0.3, -0.25) is 10.5 Å². The predicted molar refractivity (Wildman–Crippen MR) is 35.9 cm³/mol. The molecule has 0 aromatic carbocycles. The highest BCUT2D eigenvalue weighted by molar-refractivity contribution is 5.51. The maximum Gasteiger partial charge on any atom is 0.265 e. The van der Waals surface area contributed by atoms with Crippen molar-refractivity contribution in [2.24, 2.45) is 5.73 Å². The highest BCUT2D eigenvalue weighted by Gasteiger charge is 2.07. The first-order chi connectivity index (χ1) is 4.84. The number of nitrogens with two attached hydrogens (primary N) is 1. The summed E-state index contributed by atoms with van der Waals surface area (Å²) in [6, 6.07) is 5.51. The van der Waals surface area contributed by atoms with Crippen molar-refractivity contribution in [3.8, 4) is 0 Å². The number of carbonyl (C=O) groups is 1. The Kier molecular flexibility index (Phi) is 4.41. The van der Waals surface area contributed by atoms with Gasteiger partial charge in [0.1, 0.15) is 0 Å². The van der Waals surface area contributed by atoms with E-state index in [1.165, 1.54) is 0 Å². The maximum absolute atomic E-state index is 10.2. The molecule has 0 saturated heterocycles. The number of nitrogens with zero attached hydrogens (tertiary/aromatic N) is 1. The normalized spacial score (nSPS) is 11.4. The molecule has 0 saturated carbocycles. The van der Waals surface area contributed by atoms with E-state index in [4.69, 9.17) is 5.73 Å². The number of hydrogen-bond acceptors (Lipinski definition) is 2. The topological polar surface area (TPSA) is 47.0 Å². The van der Waals surface area contributed by atoms with Crippen molar-refractivity contribution in [1.82, 2.24) is 0 Å². The van der Waals surface area contributed by atoms with Gasteiger partial charge in [-0.25, -0.2) is 0 Å². The van der Waals surface area contributed by atoms with Gasteiger partial charge in [-0.2, -0.15) is 4.57 Å². The fourth-order valence-corrected chi connectivity index (χ4v) is 0.681. The van der Waals surface area contributed by atoms with Crippen LogP contribution in [0.15, 0.2) is 30.6 Å². The zero-order chi connectivity index (χ0) is 7.40. The summed E-state index contributed by atoms with van der Waals surface area (Å²) in [5.41, 5.74) is 5.39. The molecule has 11 heavy (non-hydrogen) atoms. The van der Waals surface area contributed by atoms with Crippen molar-refractivity contribution in [3.05, 3.63) is 30.6 Å². The van der Waals surface area contributed by atoms with E-state index >= 15 is 0 Å². The monoisotopic (exact) mass is 172 g/mol. The molecule has 0 fully saturated rings. The minimum Gasteiger partial charge on any atom is -1.00 e. The van der Waals surface area contributed by atoms with Crippen LogP contribution in [0, 0.1) is 0 Å². The number of carbonyl (C=O) groups excluding carboxylic acids is 1. The van der Waals surface area contributed by atoms with E-state index in [2.05, 4.69) is 0 Å². The lowest BCUT2D eigenvalue weighted by Crippen LogP contribution is -3.00. The molecule has 1 heterocycles. The third-order valence-electron chi connectivity index (χ3n) is 1.22. The van der Waals surface area contributed by atoms with E-state index in [0.717, 1.165) is 0 Å². The van der Waals surface area contributed by atoms with Gasteiger partial charge in [0, 0.05) is 12.1 Å². The van der Waals surface area contributed by atoms with Crippen molar-refractivity contribution in [3.63, 3.8) is 0 Å². The fourth-order valence-electron chi connectivity index (χ4n) is 0.681. The van der Waals surface area contributed by atoms with E-state index in [9.17, 15) is 4.79 Å². The number of hydrogen-bond donors (Lipinski definition) is 1. The molecular formula is C7H9ClN2O. The van der Waals surface area contributed by atoms with Gasteiger partial charge in [-0.1, -0.05) is 6.07 Å². The standard InChI is InChI=1S/C7H9N2O.ClH/c8-7(6-10)9-4-2-1-3-5-9;/h1-7H,8H2;1H/q+1;/p-1. The summed E-state index contributed by atoms with van der Waals surface area (Å²) in [5.74, 6) is 0. The summed E-state index contributed by atoms with van der Waals surface area (Å²) in [5, 5.41) is 0. The van der Waals surface area contributed by atoms with E-state index in [1.54, 1.807) is 17.0 Å². The molecule has 4 heteroatoms. The van der Waals surface area contributed by atoms with E-state index in [0.29, 0.717) is 6.29 Å². The lowest BCUT2D eigenvalue weighted by atomic mass is 10.4. The Labute approximate surface area is 71.2 Å². The van der Waals surface area contributed by atoms with Crippen molar-refractivity contribution in [1.29, 1.82) is 0 Å². The molecule has 0 aliphatic heterocycles. The van der Waals surface area contributed by atoms with Gasteiger partial charge in [0.15, 0.2) is 12.4 Å². The largest absolute Gasteiger partial charge is 1.00 e. The highest BCUT2D eigenvalue weighted by atomic mass is 35.5. The second kappa shape index (κ2) is 4.82. The molecule has 3 nitrogen and oxygen atoms in total. The quantitative estimate of drug-likeness (QED) is 0.374. The van der Waals surface area contributed by atoms with Gasteiger partial charge in [0.05, 0.1) is 0 Å². The zero-order valence-corrected chi connectivity index (χ0v) is 6.61. The molecule has 1 rings (SSSR count). The Bertz CT molecular complexity index is 215. The Morgan fingerprint density at radius 2 is 1.82 bits per heavy atom. The summed E-state index contributed by atoms with van der Waals surface area (Å²) < 4.78 is 1.63. The highest BCUT2D eigenvalue weighted by Crippen LogP contribution is 1.80. The Morgan fingerprint density at radius 3 is 2.27 bits per heavy atom. The van der Waals surface area contributed by atoms with Crippen LogP contribution in [0.3, 0.4) is 0 Å². The van der Waals surface area contributed by atoms with Gasteiger partial charge >= 0.3 is 0 Å². The van der Waals surface area contributed by atoms with E-state index in [1.807, 2.05) is 18.2 Å². The van der Waals surface area contributed by atoms with Crippen LogP contribution >= 0.6 is 0 Å². The predicted octanol–water partition coefficient (Wildman–Crippen LogP) is -3.37. The van der Waals surface area contributed by atoms with Gasteiger partial charge in [-0.15, -0.1) is 0 Å². The second-order valence-electron chi connectivity index (χ2n) is 1.95. The lowest BCUT2D eigenvalue weighted by Gasteiger charge is -1.95. The van der Waals surface area contributed by atoms with Gasteiger partial charge in [0.2, 0.25) is 6.29 Å². The van der Waals surface area contributed by atoms with Crippen molar-refractivity contribution in [2.45, 2.75) is 6.17 Å². The van der Waals surface area contributed by atoms with E-state index in [-0.39, 0.29) is 12.4 Å². The summed E-state index contributed by atoms with van der Waals surface area (Å²) in [7, 11) is 0. The molecule has 0 aliphatic rings. The molecule has 1 unspecified atom stereocenters. The molecule has 0 amide bonds. The first-order valence-corrected chi connectivity index (χ1v) is 3.01. The molecule has 0 radical (unpaired) electrons. The average molecular weight is 173 g/mol. The number of aromatic nitrogens is 1. The van der Waals surface area contributed by atoms with Crippen LogP contribution < -0.4 is 22.7 Å². The van der Waals surface area contributed by atoms with Crippen LogP contribution in [-0.4, -0.2) is 6.29 Å². The Hall–Kier alpha value is -0.930. The Morgan fingerprint density at radius 1 is 1.27 bits per heavy atom. The molecule has 0 bridgehead atoms. The smallest absolute Gasteiger partial charge is 0.265 e. The lowest BCUT2D eigenvalue weighted by molar-refractivity contribution is -0.707. The average Bonchev–Trinajstić information content (AvgIpc) is 2.05. The van der Waals surface area contributed by atoms with Crippen molar-refractivity contribution < 1.29 is 21.8 Å². The molecule has 1 aromatic rings. The summed E-state index contributed by atoms with van der Waals surface area (Å²) >= 11 is 0. The molecule has 1 atom stereocenters. The minimum atomic E-state index is -0.554. The van der Waals surface area contributed by atoms with Crippen LogP contribution in [0.1, 0.15) is 6.17 Å². The van der Waals surface area contributed by atoms with Crippen LogP contribution in [0.4, 0.5) is 0 Å². The summed E-state index contributed by atoms with van der Waals surface area (Å²) in [6.07, 6.45) is 3.64. The number of pyridine rings is 1. The van der Waals surface area contributed by atoms with Gasteiger partial charge in [0.25, 0.3) is 6.17 Å².